The van der Waals surface area contributed by atoms with E-state index in [1.54, 1.807) is 0 Å². The van der Waals surface area contributed by atoms with Crippen LogP contribution in [0.25, 0.3) is 0 Å². The lowest BCUT2D eigenvalue weighted by atomic mass is 9.98. The summed E-state index contributed by atoms with van der Waals surface area (Å²) in [4.78, 5) is 19.2. The molecule has 1 aliphatic rings. The van der Waals surface area contributed by atoms with Crippen molar-refractivity contribution >= 4 is 5.91 Å². The van der Waals surface area contributed by atoms with Crippen LogP contribution >= 0.6 is 0 Å². The number of carbonyl (C=O) groups is 1. The van der Waals surface area contributed by atoms with Crippen molar-refractivity contribution in [1.82, 2.24) is 19.7 Å². The van der Waals surface area contributed by atoms with E-state index < -0.39 is 0 Å². The van der Waals surface area contributed by atoms with Crippen LogP contribution in [0.3, 0.4) is 0 Å². The molecule has 0 radical (unpaired) electrons. The van der Waals surface area contributed by atoms with Gasteiger partial charge in [0, 0.05) is 31.4 Å². The molecule has 0 aromatic carbocycles. The number of carbonyl (C=O) groups excluding carboxylic acids is 1. The molecule has 1 saturated heterocycles. The first-order valence-corrected chi connectivity index (χ1v) is 8.86. The van der Waals surface area contributed by atoms with E-state index in [0.717, 1.165) is 55.9 Å². The van der Waals surface area contributed by atoms with Gasteiger partial charge in [-0.15, -0.1) is 0 Å². The largest absolute Gasteiger partial charge is 0.334 e. The molecule has 1 amide bonds. The van der Waals surface area contributed by atoms with Crippen molar-refractivity contribution in [3.63, 3.8) is 0 Å². The molecule has 3 rings (SSSR count). The highest BCUT2D eigenvalue weighted by molar-refractivity contribution is 5.76. The second-order valence-corrected chi connectivity index (χ2v) is 6.61. The minimum absolute atomic E-state index is 0.140. The summed E-state index contributed by atoms with van der Waals surface area (Å²) in [6.07, 6.45) is 6.48. The summed E-state index contributed by atoms with van der Waals surface area (Å²) >= 11 is 0. The average molecular weight is 326 g/mol. The van der Waals surface area contributed by atoms with E-state index in [1.807, 2.05) is 40.9 Å². The van der Waals surface area contributed by atoms with Gasteiger partial charge < -0.3 is 4.90 Å². The number of aromatic nitrogens is 3. The second kappa shape index (κ2) is 7.60. The third-order valence-electron chi connectivity index (χ3n) is 4.72. The smallest absolute Gasteiger partial charge is 0.223 e. The normalized spacial score (nSPS) is 17.9. The minimum atomic E-state index is 0.140. The highest BCUT2D eigenvalue weighted by Crippen LogP contribution is 2.30. The number of nitrogens with zero attached hydrogens (tertiary/aromatic N) is 4. The maximum absolute atomic E-state index is 12.7. The van der Waals surface area contributed by atoms with Crippen molar-refractivity contribution < 1.29 is 4.79 Å². The van der Waals surface area contributed by atoms with Gasteiger partial charge in [-0.3, -0.25) is 14.5 Å². The molecule has 24 heavy (non-hydrogen) atoms. The molecule has 0 aliphatic carbocycles. The highest BCUT2D eigenvalue weighted by Gasteiger charge is 2.28. The number of hydrogen-bond acceptors (Lipinski definition) is 3. The fraction of sp³-hybridized carbons (Fsp3) is 0.526. The molecule has 1 atom stereocenters. The predicted molar refractivity (Wildman–Crippen MR) is 93.5 cm³/mol. The first-order chi connectivity index (χ1) is 11.6. The molecule has 2 aromatic rings. The lowest BCUT2D eigenvalue weighted by Crippen LogP contribution is -2.38. The molecule has 0 unspecified atom stereocenters. The number of piperidine rings is 1. The van der Waals surface area contributed by atoms with Gasteiger partial charge in [0.25, 0.3) is 0 Å². The fourth-order valence-electron chi connectivity index (χ4n) is 3.54. The monoisotopic (exact) mass is 326 g/mol. The van der Waals surface area contributed by atoms with Crippen molar-refractivity contribution in [3.05, 3.63) is 47.5 Å². The van der Waals surface area contributed by atoms with Crippen LogP contribution in [0.15, 0.2) is 30.5 Å². The van der Waals surface area contributed by atoms with E-state index in [-0.39, 0.29) is 11.9 Å². The zero-order valence-corrected chi connectivity index (χ0v) is 14.6. The minimum Gasteiger partial charge on any atom is -0.334 e. The molecule has 0 spiro atoms. The van der Waals surface area contributed by atoms with Crippen molar-refractivity contribution in [2.45, 2.75) is 58.5 Å². The molecule has 128 valence electrons. The van der Waals surface area contributed by atoms with E-state index in [1.165, 1.54) is 0 Å². The number of rotatable bonds is 5. The van der Waals surface area contributed by atoms with E-state index in [2.05, 4.69) is 23.1 Å². The lowest BCUT2D eigenvalue weighted by molar-refractivity contribution is -0.135. The van der Waals surface area contributed by atoms with Gasteiger partial charge >= 0.3 is 0 Å². The van der Waals surface area contributed by atoms with Gasteiger partial charge in [0.05, 0.1) is 17.4 Å². The predicted octanol–water partition coefficient (Wildman–Crippen LogP) is 3.43. The molecule has 5 nitrogen and oxygen atoms in total. The Hall–Kier alpha value is -2.17. The van der Waals surface area contributed by atoms with E-state index in [9.17, 15) is 4.79 Å². The van der Waals surface area contributed by atoms with Crippen LogP contribution in [0.2, 0.25) is 0 Å². The Balaban J connectivity index is 1.59. The van der Waals surface area contributed by atoms with Gasteiger partial charge in [-0.05, 0) is 57.7 Å². The van der Waals surface area contributed by atoms with Crippen LogP contribution in [0, 0.1) is 13.8 Å². The maximum Gasteiger partial charge on any atom is 0.223 e. The third-order valence-corrected chi connectivity index (χ3v) is 4.72. The number of aryl methyl sites for hydroxylation is 3. The van der Waals surface area contributed by atoms with Gasteiger partial charge in [0.2, 0.25) is 5.91 Å². The fourth-order valence-corrected chi connectivity index (χ4v) is 3.54. The standard InChI is InChI=1S/C19H26N4O/c1-15-14-16(2)23(21-15)13-7-10-19(24)22-12-6-4-9-18(22)17-8-3-5-11-20-17/h3,5,8,11,14,18H,4,6-7,9-10,12-13H2,1-2H3/t18-/m0/s1. The summed E-state index contributed by atoms with van der Waals surface area (Å²) < 4.78 is 2.00. The molecule has 0 bridgehead atoms. The van der Waals surface area contributed by atoms with Crippen LogP contribution in [0.5, 0.6) is 0 Å². The van der Waals surface area contributed by atoms with Crippen molar-refractivity contribution in [2.75, 3.05) is 6.54 Å². The van der Waals surface area contributed by atoms with E-state index in [4.69, 9.17) is 0 Å². The summed E-state index contributed by atoms with van der Waals surface area (Å²) in [5.74, 6) is 0.242. The zero-order chi connectivity index (χ0) is 16.9. The summed E-state index contributed by atoms with van der Waals surface area (Å²) in [6.45, 7) is 5.71. The second-order valence-electron chi connectivity index (χ2n) is 6.61. The number of amides is 1. The average Bonchev–Trinajstić information content (AvgIpc) is 2.93. The molecule has 3 heterocycles. The first-order valence-electron chi connectivity index (χ1n) is 8.86. The molecule has 0 N–H and O–H groups in total. The maximum atomic E-state index is 12.7. The van der Waals surface area contributed by atoms with E-state index in [0.29, 0.717) is 6.42 Å². The number of hydrogen-bond donors (Lipinski definition) is 0. The van der Waals surface area contributed by atoms with Crippen LogP contribution < -0.4 is 0 Å². The van der Waals surface area contributed by atoms with Crippen molar-refractivity contribution in [3.8, 4) is 0 Å². The van der Waals surface area contributed by atoms with Gasteiger partial charge in [0.1, 0.15) is 0 Å². The third kappa shape index (κ3) is 3.83. The Morgan fingerprint density at radius 2 is 2.17 bits per heavy atom. The summed E-state index contributed by atoms with van der Waals surface area (Å²) in [7, 11) is 0. The Morgan fingerprint density at radius 1 is 1.29 bits per heavy atom. The van der Waals surface area contributed by atoms with Crippen molar-refractivity contribution in [2.24, 2.45) is 0 Å². The number of likely N-dealkylation sites (tertiary alicyclic amines) is 1. The Labute approximate surface area is 143 Å². The highest BCUT2D eigenvalue weighted by atomic mass is 16.2. The Kier molecular flexibility index (Phi) is 5.28. The topological polar surface area (TPSA) is 51.0 Å². The number of pyridine rings is 1. The summed E-state index contributed by atoms with van der Waals surface area (Å²) in [5.41, 5.74) is 3.21. The molecule has 1 aliphatic heterocycles. The molecule has 2 aromatic heterocycles. The van der Waals surface area contributed by atoms with Crippen LogP contribution in [-0.4, -0.2) is 32.1 Å². The summed E-state index contributed by atoms with van der Waals surface area (Å²) in [6, 6.07) is 8.17. The molecular weight excluding hydrogens is 300 g/mol. The lowest BCUT2D eigenvalue weighted by Gasteiger charge is -2.35. The van der Waals surface area contributed by atoms with Crippen LogP contribution in [-0.2, 0) is 11.3 Å². The first kappa shape index (κ1) is 16.7. The molecule has 0 saturated carbocycles. The molecule has 1 fully saturated rings. The van der Waals surface area contributed by atoms with Gasteiger partial charge in [-0.2, -0.15) is 5.10 Å². The van der Waals surface area contributed by atoms with Crippen LogP contribution in [0.1, 0.15) is 55.2 Å². The Morgan fingerprint density at radius 3 is 2.88 bits per heavy atom. The van der Waals surface area contributed by atoms with Gasteiger partial charge in [0.15, 0.2) is 0 Å². The van der Waals surface area contributed by atoms with Crippen molar-refractivity contribution in [1.29, 1.82) is 0 Å². The molecular formula is C19H26N4O. The zero-order valence-electron chi connectivity index (χ0n) is 14.6. The van der Waals surface area contributed by atoms with E-state index >= 15 is 0 Å². The quantitative estimate of drug-likeness (QED) is 0.846. The Bertz CT molecular complexity index is 680. The SMILES string of the molecule is Cc1cc(C)n(CCCC(=O)N2CCCC[C@H]2c2ccccn2)n1. The summed E-state index contributed by atoms with van der Waals surface area (Å²) in [5, 5.41) is 4.46. The van der Waals surface area contributed by atoms with Gasteiger partial charge in [-0.25, -0.2) is 0 Å². The molecule has 5 heteroatoms. The van der Waals surface area contributed by atoms with Crippen LogP contribution in [0.4, 0.5) is 0 Å². The van der Waals surface area contributed by atoms with Gasteiger partial charge in [-0.1, -0.05) is 6.07 Å².